The van der Waals surface area contributed by atoms with Crippen LogP contribution in [-0.4, -0.2) is 52.3 Å². The summed E-state index contributed by atoms with van der Waals surface area (Å²) in [7, 11) is 0. The summed E-state index contributed by atoms with van der Waals surface area (Å²) >= 11 is 0. The number of urea groups is 1. The third kappa shape index (κ3) is 4.33. The Morgan fingerprint density at radius 1 is 1.10 bits per heavy atom. The summed E-state index contributed by atoms with van der Waals surface area (Å²) < 4.78 is 0. The first-order chi connectivity index (χ1) is 10.1. The number of carbonyl (C=O) groups excluding carboxylic acids is 1. The van der Waals surface area contributed by atoms with E-state index in [2.05, 4.69) is 5.32 Å². The van der Waals surface area contributed by atoms with E-state index in [0.29, 0.717) is 19.4 Å². The summed E-state index contributed by atoms with van der Waals surface area (Å²) in [6, 6.07) is 0.0120. The highest BCUT2D eigenvalue weighted by atomic mass is 16.4. The monoisotopic (exact) mass is 298 g/mol. The molecule has 6 heteroatoms. The van der Waals surface area contributed by atoms with Crippen molar-refractivity contribution >= 4 is 12.0 Å². The van der Waals surface area contributed by atoms with E-state index in [0.717, 1.165) is 32.1 Å². The number of carbonyl (C=O) groups is 2. The lowest BCUT2D eigenvalue weighted by Crippen LogP contribution is -2.50. The van der Waals surface area contributed by atoms with Crippen LogP contribution in [0.25, 0.3) is 0 Å². The summed E-state index contributed by atoms with van der Waals surface area (Å²) in [5.74, 6) is -1.11. The van der Waals surface area contributed by atoms with Crippen LogP contribution in [-0.2, 0) is 4.79 Å². The Kier molecular flexibility index (Phi) is 5.85. The minimum atomic E-state index is -0.772. The molecule has 0 saturated heterocycles. The van der Waals surface area contributed by atoms with Crippen molar-refractivity contribution in [3.63, 3.8) is 0 Å². The van der Waals surface area contributed by atoms with Gasteiger partial charge in [-0.1, -0.05) is 19.3 Å². The van der Waals surface area contributed by atoms with Crippen molar-refractivity contribution in [1.29, 1.82) is 0 Å². The maximum Gasteiger partial charge on any atom is 0.317 e. The minimum absolute atomic E-state index is 0.0354. The molecule has 0 spiro atoms. The van der Waals surface area contributed by atoms with E-state index in [1.54, 1.807) is 4.90 Å². The first-order valence-corrected chi connectivity index (χ1v) is 8.02. The van der Waals surface area contributed by atoms with E-state index in [1.807, 2.05) is 0 Å². The van der Waals surface area contributed by atoms with Crippen LogP contribution in [0.4, 0.5) is 4.79 Å². The summed E-state index contributed by atoms with van der Waals surface area (Å²) in [5, 5.41) is 21.2. The number of hydrogen-bond acceptors (Lipinski definition) is 3. The number of carboxylic acids is 1. The molecule has 2 rings (SSSR count). The van der Waals surface area contributed by atoms with E-state index in [1.165, 1.54) is 6.42 Å². The third-order valence-corrected chi connectivity index (χ3v) is 4.73. The Labute approximate surface area is 125 Å². The lowest BCUT2D eigenvalue weighted by atomic mass is 9.94. The maximum atomic E-state index is 12.4. The fourth-order valence-corrected chi connectivity index (χ4v) is 3.54. The second-order valence-corrected chi connectivity index (χ2v) is 6.20. The van der Waals surface area contributed by atoms with Gasteiger partial charge in [-0.05, 0) is 32.1 Å². The Morgan fingerprint density at radius 3 is 2.38 bits per heavy atom. The van der Waals surface area contributed by atoms with Crippen molar-refractivity contribution in [3.05, 3.63) is 0 Å². The molecule has 2 fully saturated rings. The topological polar surface area (TPSA) is 89.9 Å². The quantitative estimate of drug-likeness (QED) is 0.719. The van der Waals surface area contributed by atoms with Crippen molar-refractivity contribution in [2.45, 2.75) is 63.5 Å². The highest BCUT2D eigenvalue weighted by molar-refractivity contribution is 5.75. The lowest BCUT2D eigenvalue weighted by Gasteiger charge is -2.34. The second kappa shape index (κ2) is 7.64. The van der Waals surface area contributed by atoms with Gasteiger partial charge in [0.25, 0.3) is 0 Å². The molecular formula is C15H26N2O4. The third-order valence-electron chi connectivity index (χ3n) is 4.73. The van der Waals surface area contributed by atoms with Crippen molar-refractivity contribution in [3.8, 4) is 0 Å². The van der Waals surface area contributed by atoms with Gasteiger partial charge < -0.3 is 20.4 Å². The smallest absolute Gasteiger partial charge is 0.317 e. The zero-order valence-corrected chi connectivity index (χ0v) is 12.5. The predicted octanol–water partition coefficient (Wildman–Crippen LogP) is 1.58. The number of nitrogens with one attached hydrogen (secondary N) is 1. The Morgan fingerprint density at radius 2 is 1.81 bits per heavy atom. The van der Waals surface area contributed by atoms with Gasteiger partial charge in [-0.15, -0.1) is 0 Å². The number of carboxylic acid groups (broad SMARTS) is 1. The van der Waals surface area contributed by atoms with E-state index < -0.39 is 5.97 Å². The molecule has 2 amide bonds. The summed E-state index contributed by atoms with van der Waals surface area (Å²) in [5.41, 5.74) is 0. The molecule has 2 saturated carbocycles. The van der Waals surface area contributed by atoms with E-state index in [4.69, 9.17) is 5.11 Å². The van der Waals surface area contributed by atoms with Crippen LogP contribution in [0.15, 0.2) is 0 Å². The number of nitrogens with zero attached hydrogens (tertiary/aromatic N) is 1. The molecule has 0 radical (unpaired) electrons. The molecule has 0 aromatic carbocycles. The van der Waals surface area contributed by atoms with Gasteiger partial charge in [0.2, 0.25) is 0 Å². The average molecular weight is 298 g/mol. The zero-order chi connectivity index (χ0) is 15.2. The summed E-state index contributed by atoms with van der Waals surface area (Å²) in [6.07, 6.45) is 7.33. The molecule has 2 aliphatic carbocycles. The fraction of sp³-hybridized carbons (Fsp3) is 0.867. The molecule has 21 heavy (non-hydrogen) atoms. The van der Waals surface area contributed by atoms with Gasteiger partial charge in [0.1, 0.15) is 0 Å². The van der Waals surface area contributed by atoms with Gasteiger partial charge in [-0.25, -0.2) is 4.79 Å². The van der Waals surface area contributed by atoms with Gasteiger partial charge >= 0.3 is 12.0 Å². The molecular weight excluding hydrogens is 272 g/mol. The van der Waals surface area contributed by atoms with Crippen LogP contribution in [0.1, 0.15) is 51.4 Å². The van der Waals surface area contributed by atoms with Crippen LogP contribution in [0, 0.1) is 5.92 Å². The fourth-order valence-electron chi connectivity index (χ4n) is 3.54. The van der Waals surface area contributed by atoms with Gasteiger partial charge in [0, 0.05) is 18.6 Å². The van der Waals surface area contributed by atoms with Crippen LogP contribution < -0.4 is 5.32 Å². The van der Waals surface area contributed by atoms with E-state index in [9.17, 15) is 14.7 Å². The van der Waals surface area contributed by atoms with Crippen molar-refractivity contribution < 1.29 is 19.8 Å². The molecule has 3 N–H and O–H groups in total. The van der Waals surface area contributed by atoms with Gasteiger partial charge in [0.05, 0.1) is 12.5 Å². The predicted molar refractivity (Wildman–Crippen MR) is 78.0 cm³/mol. The zero-order valence-electron chi connectivity index (χ0n) is 12.5. The molecule has 0 bridgehead atoms. The molecule has 2 atom stereocenters. The summed E-state index contributed by atoms with van der Waals surface area (Å²) in [6.45, 7) is 0.317. The number of aliphatic hydroxyl groups excluding tert-OH is 1. The molecule has 0 unspecified atom stereocenters. The van der Waals surface area contributed by atoms with E-state index >= 15 is 0 Å². The molecule has 0 aromatic heterocycles. The van der Waals surface area contributed by atoms with Gasteiger partial charge in [-0.3, -0.25) is 4.79 Å². The molecule has 0 heterocycles. The van der Waals surface area contributed by atoms with Crippen molar-refractivity contribution in [2.24, 2.45) is 5.92 Å². The average Bonchev–Trinajstić information content (AvgIpc) is 2.94. The van der Waals surface area contributed by atoms with Gasteiger partial charge in [-0.2, -0.15) is 0 Å². The molecule has 0 aromatic rings. The molecule has 120 valence electrons. The summed E-state index contributed by atoms with van der Waals surface area (Å²) in [4.78, 5) is 25.1. The second-order valence-electron chi connectivity index (χ2n) is 6.20. The SMILES string of the molecule is O=C(O)[C@@H]1CC[C@H](NC(=O)N(CCO)C2CCCCC2)C1. The number of aliphatic carboxylic acids is 1. The Balaban J connectivity index is 1.88. The molecule has 6 nitrogen and oxygen atoms in total. The minimum Gasteiger partial charge on any atom is -0.481 e. The number of amides is 2. The van der Waals surface area contributed by atoms with Gasteiger partial charge in [0.15, 0.2) is 0 Å². The standard InChI is InChI=1S/C15H26N2O4/c18-9-8-17(13-4-2-1-3-5-13)15(21)16-12-7-6-11(10-12)14(19)20/h11-13,18H,1-10H2,(H,16,21)(H,19,20)/t11-,12+/m1/s1. The number of aliphatic hydroxyl groups is 1. The number of hydrogen-bond donors (Lipinski definition) is 3. The number of rotatable bonds is 5. The first-order valence-electron chi connectivity index (χ1n) is 8.02. The highest BCUT2D eigenvalue weighted by Gasteiger charge is 2.32. The van der Waals surface area contributed by atoms with Crippen LogP contribution in [0.5, 0.6) is 0 Å². The van der Waals surface area contributed by atoms with Crippen LogP contribution >= 0.6 is 0 Å². The largest absolute Gasteiger partial charge is 0.481 e. The van der Waals surface area contributed by atoms with Crippen LogP contribution in [0.2, 0.25) is 0 Å². The van der Waals surface area contributed by atoms with Crippen molar-refractivity contribution in [1.82, 2.24) is 10.2 Å². The normalized spacial score (nSPS) is 26.5. The Bertz CT molecular complexity index is 369. The Hall–Kier alpha value is -1.30. The first kappa shape index (κ1) is 16.1. The highest BCUT2D eigenvalue weighted by Crippen LogP contribution is 2.27. The van der Waals surface area contributed by atoms with Crippen LogP contribution in [0.3, 0.4) is 0 Å². The van der Waals surface area contributed by atoms with Crippen molar-refractivity contribution in [2.75, 3.05) is 13.2 Å². The molecule has 2 aliphatic rings. The maximum absolute atomic E-state index is 12.4. The van der Waals surface area contributed by atoms with E-state index in [-0.39, 0.29) is 30.6 Å². The molecule has 0 aliphatic heterocycles. The lowest BCUT2D eigenvalue weighted by molar-refractivity contribution is -0.141.